The van der Waals surface area contributed by atoms with Crippen molar-refractivity contribution in [2.75, 3.05) is 19.6 Å². The molecule has 0 aromatic carbocycles. The Morgan fingerprint density at radius 1 is 1.50 bits per heavy atom. The Morgan fingerprint density at radius 3 is 3.00 bits per heavy atom. The van der Waals surface area contributed by atoms with Crippen LogP contribution in [0.2, 0.25) is 0 Å². The van der Waals surface area contributed by atoms with E-state index in [1.807, 2.05) is 17.8 Å². The number of nitrogens with zero attached hydrogens (tertiary/aromatic N) is 3. The quantitative estimate of drug-likeness (QED) is 0.848. The highest BCUT2D eigenvalue weighted by Gasteiger charge is 2.17. The predicted octanol–water partition coefficient (Wildman–Crippen LogP) is 2.28. The molecule has 8 heteroatoms. The summed E-state index contributed by atoms with van der Waals surface area (Å²) < 4.78 is 1.91. The summed E-state index contributed by atoms with van der Waals surface area (Å²) in [7, 11) is 0. The lowest BCUT2D eigenvalue weighted by Crippen LogP contribution is -2.32. The maximum atomic E-state index is 12.2. The van der Waals surface area contributed by atoms with E-state index in [4.69, 9.17) is 0 Å². The Balaban J connectivity index is 0.00000208. The number of rotatable bonds is 5. The minimum atomic E-state index is -0.113. The van der Waals surface area contributed by atoms with Gasteiger partial charge in [-0.3, -0.25) is 9.48 Å². The molecule has 1 aliphatic rings. The van der Waals surface area contributed by atoms with E-state index in [-0.39, 0.29) is 18.3 Å². The molecule has 0 spiro atoms. The van der Waals surface area contributed by atoms with Gasteiger partial charge in [0.15, 0.2) is 0 Å². The molecule has 1 atom stereocenters. The molecule has 1 fully saturated rings. The number of piperidine rings is 1. The first kappa shape index (κ1) is 18.9. The van der Waals surface area contributed by atoms with Gasteiger partial charge in [0.05, 0.1) is 16.7 Å². The number of carbonyl (C=O) groups excluding carboxylic acids is 1. The summed E-state index contributed by atoms with van der Waals surface area (Å²) in [5.74, 6) is -0.113. The largest absolute Gasteiger partial charge is 0.350 e. The normalized spacial score (nSPS) is 17.3. The lowest BCUT2D eigenvalue weighted by atomic mass is 10.1. The number of halogens is 1. The third-order valence-corrected chi connectivity index (χ3v) is 5.32. The molecule has 1 saturated heterocycles. The number of hydrogen-bond acceptors (Lipinski definition) is 5. The Bertz CT molecular complexity index is 658. The van der Waals surface area contributed by atoms with E-state index < -0.39 is 0 Å². The highest BCUT2D eigenvalue weighted by Crippen LogP contribution is 2.17. The first-order valence-corrected chi connectivity index (χ1v) is 8.92. The molecule has 24 heavy (non-hydrogen) atoms. The van der Waals surface area contributed by atoms with Gasteiger partial charge in [-0.05, 0) is 39.3 Å². The van der Waals surface area contributed by atoms with Crippen LogP contribution in [0.5, 0.6) is 0 Å². The number of aryl methyl sites for hydroxylation is 2. The SMILES string of the molecule is Cc1nc(CCNC(=O)c2ccn(C3CCCNC3)n2)sc1C.Cl. The zero-order valence-corrected chi connectivity index (χ0v) is 15.7. The first-order chi connectivity index (χ1) is 11.1. The summed E-state index contributed by atoms with van der Waals surface area (Å²) in [4.78, 5) is 17.9. The van der Waals surface area contributed by atoms with Gasteiger partial charge in [-0.2, -0.15) is 5.10 Å². The molecule has 1 unspecified atom stereocenters. The monoisotopic (exact) mass is 369 g/mol. The molecule has 0 radical (unpaired) electrons. The van der Waals surface area contributed by atoms with Gasteiger partial charge in [-0.1, -0.05) is 0 Å². The second-order valence-corrected chi connectivity index (χ2v) is 7.22. The fourth-order valence-electron chi connectivity index (χ4n) is 2.74. The Labute approximate surface area is 152 Å². The van der Waals surface area contributed by atoms with Crippen LogP contribution < -0.4 is 10.6 Å². The van der Waals surface area contributed by atoms with Crippen molar-refractivity contribution >= 4 is 29.7 Å². The van der Waals surface area contributed by atoms with E-state index in [1.165, 1.54) is 4.88 Å². The fraction of sp³-hybridized carbons (Fsp3) is 0.562. The van der Waals surface area contributed by atoms with Crippen molar-refractivity contribution in [3.63, 3.8) is 0 Å². The van der Waals surface area contributed by atoms with E-state index in [0.717, 1.165) is 43.1 Å². The zero-order valence-electron chi connectivity index (χ0n) is 14.0. The molecule has 3 rings (SSSR count). The average Bonchev–Trinajstić information content (AvgIpc) is 3.16. The van der Waals surface area contributed by atoms with E-state index in [1.54, 1.807) is 17.4 Å². The zero-order chi connectivity index (χ0) is 16.2. The van der Waals surface area contributed by atoms with Gasteiger partial charge in [-0.25, -0.2) is 4.98 Å². The van der Waals surface area contributed by atoms with Crippen LogP contribution in [0.3, 0.4) is 0 Å². The van der Waals surface area contributed by atoms with Gasteiger partial charge in [-0.15, -0.1) is 23.7 Å². The fourth-order valence-corrected chi connectivity index (χ4v) is 3.67. The summed E-state index contributed by atoms with van der Waals surface area (Å²) in [5.41, 5.74) is 1.57. The molecular weight excluding hydrogens is 346 g/mol. The van der Waals surface area contributed by atoms with E-state index in [2.05, 4.69) is 27.6 Å². The molecule has 1 aliphatic heterocycles. The molecule has 132 valence electrons. The third-order valence-electron chi connectivity index (χ3n) is 4.18. The van der Waals surface area contributed by atoms with Crippen molar-refractivity contribution in [1.82, 2.24) is 25.4 Å². The van der Waals surface area contributed by atoms with Crippen molar-refractivity contribution in [3.05, 3.63) is 33.5 Å². The lowest BCUT2D eigenvalue weighted by Gasteiger charge is -2.22. The van der Waals surface area contributed by atoms with Crippen LogP contribution in [0.25, 0.3) is 0 Å². The Kier molecular flexibility index (Phi) is 6.77. The lowest BCUT2D eigenvalue weighted by molar-refractivity contribution is 0.0948. The van der Waals surface area contributed by atoms with Crippen LogP contribution in [0.1, 0.15) is 45.0 Å². The molecular formula is C16H24ClN5OS. The van der Waals surface area contributed by atoms with Crippen molar-refractivity contribution in [2.45, 2.75) is 39.2 Å². The molecule has 2 aromatic rings. The van der Waals surface area contributed by atoms with Crippen LogP contribution in [-0.4, -0.2) is 40.3 Å². The van der Waals surface area contributed by atoms with Crippen LogP contribution in [0, 0.1) is 13.8 Å². The van der Waals surface area contributed by atoms with Gasteiger partial charge < -0.3 is 10.6 Å². The number of thiazole rings is 1. The van der Waals surface area contributed by atoms with E-state index in [9.17, 15) is 4.79 Å². The first-order valence-electron chi connectivity index (χ1n) is 8.10. The molecule has 2 N–H and O–H groups in total. The molecule has 3 heterocycles. The summed E-state index contributed by atoms with van der Waals surface area (Å²) in [5, 5.41) is 11.8. The van der Waals surface area contributed by atoms with E-state index in [0.29, 0.717) is 18.3 Å². The summed E-state index contributed by atoms with van der Waals surface area (Å²) >= 11 is 1.70. The number of hydrogen-bond donors (Lipinski definition) is 2. The Hall–Kier alpha value is -1.44. The van der Waals surface area contributed by atoms with E-state index >= 15 is 0 Å². The van der Waals surface area contributed by atoms with Gasteiger partial charge in [0.2, 0.25) is 0 Å². The van der Waals surface area contributed by atoms with Crippen molar-refractivity contribution < 1.29 is 4.79 Å². The number of amides is 1. The minimum Gasteiger partial charge on any atom is -0.350 e. The molecule has 2 aromatic heterocycles. The van der Waals surface area contributed by atoms with Crippen LogP contribution in [0.4, 0.5) is 0 Å². The Morgan fingerprint density at radius 2 is 2.33 bits per heavy atom. The smallest absolute Gasteiger partial charge is 0.271 e. The molecule has 0 saturated carbocycles. The average molecular weight is 370 g/mol. The van der Waals surface area contributed by atoms with Gasteiger partial charge >= 0.3 is 0 Å². The third kappa shape index (κ3) is 4.55. The second kappa shape index (κ2) is 8.60. The van der Waals surface area contributed by atoms with Crippen LogP contribution in [-0.2, 0) is 6.42 Å². The van der Waals surface area contributed by atoms with Crippen molar-refractivity contribution in [2.24, 2.45) is 0 Å². The number of aromatic nitrogens is 3. The van der Waals surface area contributed by atoms with Gasteiger partial charge in [0.1, 0.15) is 5.69 Å². The maximum Gasteiger partial charge on any atom is 0.271 e. The highest BCUT2D eigenvalue weighted by atomic mass is 35.5. The van der Waals surface area contributed by atoms with Crippen LogP contribution >= 0.6 is 23.7 Å². The topological polar surface area (TPSA) is 71.8 Å². The molecule has 6 nitrogen and oxygen atoms in total. The summed E-state index contributed by atoms with van der Waals surface area (Å²) in [6.45, 7) is 6.66. The van der Waals surface area contributed by atoms with Crippen molar-refractivity contribution in [1.29, 1.82) is 0 Å². The minimum absolute atomic E-state index is 0. The standard InChI is InChI=1S/C16H23N5OS.ClH/c1-11-12(2)23-15(19-11)5-8-18-16(22)14-6-9-21(20-14)13-4-3-7-17-10-13;/h6,9,13,17H,3-5,7-8,10H2,1-2H3,(H,18,22);1H. The number of nitrogens with one attached hydrogen (secondary N) is 2. The molecule has 0 bridgehead atoms. The van der Waals surface area contributed by atoms with Crippen LogP contribution in [0.15, 0.2) is 12.3 Å². The molecule has 1 amide bonds. The predicted molar refractivity (Wildman–Crippen MR) is 98.2 cm³/mol. The maximum absolute atomic E-state index is 12.2. The van der Waals surface area contributed by atoms with Crippen molar-refractivity contribution in [3.8, 4) is 0 Å². The summed E-state index contributed by atoms with van der Waals surface area (Å²) in [6.07, 6.45) is 4.93. The molecule has 0 aliphatic carbocycles. The second-order valence-electron chi connectivity index (χ2n) is 5.94. The van der Waals surface area contributed by atoms with Gasteiger partial charge in [0, 0.05) is 30.6 Å². The summed E-state index contributed by atoms with van der Waals surface area (Å²) in [6, 6.07) is 2.15. The number of carbonyl (C=O) groups is 1. The highest BCUT2D eigenvalue weighted by molar-refractivity contribution is 7.11. The van der Waals surface area contributed by atoms with Gasteiger partial charge in [0.25, 0.3) is 5.91 Å².